The van der Waals surface area contributed by atoms with Gasteiger partial charge in [0.1, 0.15) is 0 Å². The Hall–Kier alpha value is -1.39. The van der Waals surface area contributed by atoms with Gasteiger partial charge in [-0.05, 0) is 24.5 Å². The van der Waals surface area contributed by atoms with Crippen LogP contribution in [0.25, 0.3) is 11.3 Å². The van der Waals surface area contributed by atoms with E-state index in [0.29, 0.717) is 16.1 Å². The predicted molar refractivity (Wildman–Crippen MR) is 78.5 cm³/mol. The van der Waals surface area contributed by atoms with Crippen molar-refractivity contribution in [2.75, 3.05) is 5.32 Å². The molecule has 1 amide bonds. The Morgan fingerprint density at radius 1 is 1.42 bits per heavy atom. The van der Waals surface area contributed by atoms with Gasteiger partial charge >= 0.3 is 0 Å². The van der Waals surface area contributed by atoms with Gasteiger partial charge in [-0.25, -0.2) is 4.98 Å². The number of hydrogen-bond donors (Lipinski definition) is 1. The summed E-state index contributed by atoms with van der Waals surface area (Å²) >= 11 is 7.30. The molecule has 0 bridgehead atoms. The van der Waals surface area contributed by atoms with Crippen molar-refractivity contribution in [1.82, 2.24) is 4.98 Å². The molecule has 0 saturated heterocycles. The molecule has 2 atom stereocenters. The lowest BCUT2D eigenvalue weighted by Gasteiger charge is -1.99. The molecule has 1 aliphatic rings. The third kappa shape index (κ3) is 2.80. The number of aromatic nitrogens is 1. The second-order valence-electron chi connectivity index (χ2n) is 4.85. The molecule has 3 rings (SSSR count). The zero-order valence-corrected chi connectivity index (χ0v) is 12.0. The van der Waals surface area contributed by atoms with Crippen LogP contribution >= 0.6 is 22.9 Å². The molecule has 98 valence electrons. The van der Waals surface area contributed by atoms with Gasteiger partial charge in [0, 0.05) is 21.9 Å². The van der Waals surface area contributed by atoms with Crippen molar-refractivity contribution in [3.05, 3.63) is 34.7 Å². The van der Waals surface area contributed by atoms with Crippen LogP contribution in [0.3, 0.4) is 0 Å². The second-order valence-corrected chi connectivity index (χ2v) is 6.15. The third-order valence-corrected chi connectivity index (χ3v) is 4.33. The minimum absolute atomic E-state index is 0.0875. The number of carbonyl (C=O) groups excluding carboxylic acids is 1. The summed E-state index contributed by atoms with van der Waals surface area (Å²) in [4.78, 5) is 16.2. The van der Waals surface area contributed by atoms with E-state index >= 15 is 0 Å². The number of nitrogens with one attached hydrogen (secondary N) is 1. The van der Waals surface area contributed by atoms with E-state index in [1.165, 1.54) is 11.3 Å². The van der Waals surface area contributed by atoms with Gasteiger partial charge in [0.25, 0.3) is 0 Å². The Kier molecular flexibility index (Phi) is 3.29. The van der Waals surface area contributed by atoms with Gasteiger partial charge in [-0.1, -0.05) is 30.7 Å². The Morgan fingerprint density at radius 2 is 2.11 bits per heavy atom. The summed E-state index contributed by atoms with van der Waals surface area (Å²) < 4.78 is 0. The molecule has 3 nitrogen and oxygen atoms in total. The zero-order valence-electron chi connectivity index (χ0n) is 10.4. The Morgan fingerprint density at radius 3 is 2.74 bits per heavy atom. The number of thiazole rings is 1. The number of nitrogens with zero attached hydrogens (tertiary/aromatic N) is 1. The van der Waals surface area contributed by atoms with Crippen molar-refractivity contribution < 1.29 is 4.79 Å². The molecule has 1 N–H and O–H groups in total. The zero-order chi connectivity index (χ0) is 13.4. The number of amides is 1. The number of carbonyl (C=O) groups is 1. The van der Waals surface area contributed by atoms with Crippen molar-refractivity contribution in [2.24, 2.45) is 11.8 Å². The van der Waals surface area contributed by atoms with Crippen molar-refractivity contribution in [3.63, 3.8) is 0 Å². The van der Waals surface area contributed by atoms with Crippen LogP contribution in [0.15, 0.2) is 29.6 Å². The molecule has 0 radical (unpaired) electrons. The average molecular weight is 293 g/mol. The fourth-order valence-corrected chi connectivity index (χ4v) is 2.82. The van der Waals surface area contributed by atoms with Gasteiger partial charge < -0.3 is 5.32 Å². The molecule has 5 heteroatoms. The SMILES string of the molecule is C[C@H]1C[C@@H]1C(=O)Nc1nc(-c2ccc(Cl)cc2)cs1. The predicted octanol–water partition coefficient (Wildman–Crippen LogP) is 4.06. The molecule has 19 heavy (non-hydrogen) atoms. The lowest BCUT2D eigenvalue weighted by molar-refractivity contribution is -0.117. The fraction of sp³-hybridized carbons (Fsp3) is 0.286. The van der Waals surface area contributed by atoms with Gasteiger partial charge in [-0.3, -0.25) is 4.79 Å². The lowest BCUT2D eigenvalue weighted by Crippen LogP contribution is -2.14. The van der Waals surface area contributed by atoms with Crippen molar-refractivity contribution in [1.29, 1.82) is 0 Å². The summed E-state index contributed by atoms with van der Waals surface area (Å²) in [5.74, 6) is 0.767. The number of hydrogen-bond acceptors (Lipinski definition) is 3. The van der Waals surface area contributed by atoms with Crippen molar-refractivity contribution in [2.45, 2.75) is 13.3 Å². The Balaban J connectivity index is 1.72. The second kappa shape index (κ2) is 4.94. The first-order valence-corrected chi connectivity index (χ1v) is 7.41. The topological polar surface area (TPSA) is 42.0 Å². The number of benzene rings is 1. The van der Waals surface area contributed by atoms with E-state index in [-0.39, 0.29) is 11.8 Å². The van der Waals surface area contributed by atoms with E-state index in [1.54, 1.807) is 0 Å². The summed E-state index contributed by atoms with van der Waals surface area (Å²) in [5.41, 5.74) is 1.86. The quantitative estimate of drug-likeness (QED) is 0.927. The van der Waals surface area contributed by atoms with Crippen LogP contribution in [0.2, 0.25) is 5.02 Å². The van der Waals surface area contributed by atoms with Crippen LogP contribution in [0, 0.1) is 11.8 Å². The number of anilines is 1. The van der Waals surface area contributed by atoms with Crippen LogP contribution in [0.4, 0.5) is 5.13 Å². The van der Waals surface area contributed by atoms with Crippen LogP contribution < -0.4 is 5.32 Å². The summed E-state index contributed by atoms with van der Waals surface area (Å²) in [7, 11) is 0. The van der Waals surface area contributed by atoms with E-state index in [2.05, 4.69) is 17.2 Å². The molecule has 1 aliphatic carbocycles. The monoisotopic (exact) mass is 292 g/mol. The molecule has 1 fully saturated rings. The summed E-state index contributed by atoms with van der Waals surface area (Å²) in [6, 6.07) is 7.51. The number of rotatable bonds is 3. The fourth-order valence-electron chi connectivity index (χ4n) is 1.97. The third-order valence-electron chi connectivity index (χ3n) is 3.32. The first kappa shape index (κ1) is 12.6. The van der Waals surface area contributed by atoms with Crippen molar-refractivity contribution in [3.8, 4) is 11.3 Å². The summed E-state index contributed by atoms with van der Waals surface area (Å²) in [6.45, 7) is 2.09. The average Bonchev–Trinajstić information content (AvgIpc) is 2.95. The van der Waals surface area contributed by atoms with Gasteiger partial charge in [-0.15, -0.1) is 11.3 Å². The molecule has 2 aromatic rings. The molecule has 0 unspecified atom stereocenters. The highest BCUT2D eigenvalue weighted by molar-refractivity contribution is 7.14. The maximum atomic E-state index is 11.8. The molecule has 1 heterocycles. The standard InChI is InChI=1S/C14H13ClN2OS/c1-8-6-11(8)13(18)17-14-16-12(7-19-14)9-2-4-10(15)5-3-9/h2-5,7-8,11H,6H2,1H3,(H,16,17,18)/t8-,11-/m0/s1. The first-order valence-electron chi connectivity index (χ1n) is 6.16. The minimum atomic E-state index is 0.0875. The maximum Gasteiger partial charge on any atom is 0.229 e. The van der Waals surface area contributed by atoms with E-state index in [9.17, 15) is 4.79 Å². The molecule has 1 aromatic carbocycles. The maximum absolute atomic E-state index is 11.8. The number of halogens is 1. The highest BCUT2D eigenvalue weighted by Crippen LogP contribution is 2.38. The molecular formula is C14H13ClN2OS. The van der Waals surface area contributed by atoms with E-state index in [1.807, 2.05) is 29.6 Å². The van der Waals surface area contributed by atoms with Gasteiger partial charge in [0.05, 0.1) is 5.69 Å². The summed E-state index contributed by atoms with van der Waals surface area (Å²) in [6.07, 6.45) is 0.987. The van der Waals surface area contributed by atoms with E-state index < -0.39 is 0 Å². The lowest BCUT2D eigenvalue weighted by atomic mass is 10.2. The van der Waals surface area contributed by atoms with Crippen LogP contribution in [0.5, 0.6) is 0 Å². The van der Waals surface area contributed by atoms with Crippen LogP contribution in [-0.4, -0.2) is 10.9 Å². The molecule has 0 aliphatic heterocycles. The highest BCUT2D eigenvalue weighted by atomic mass is 35.5. The molecular weight excluding hydrogens is 280 g/mol. The molecule has 1 saturated carbocycles. The first-order chi connectivity index (χ1) is 9.13. The smallest absolute Gasteiger partial charge is 0.229 e. The molecule has 0 spiro atoms. The summed E-state index contributed by atoms with van der Waals surface area (Å²) in [5, 5.41) is 6.18. The van der Waals surface area contributed by atoms with Gasteiger partial charge in [0.2, 0.25) is 5.91 Å². The van der Waals surface area contributed by atoms with Crippen LogP contribution in [0.1, 0.15) is 13.3 Å². The highest BCUT2D eigenvalue weighted by Gasteiger charge is 2.39. The molecule has 1 aromatic heterocycles. The van der Waals surface area contributed by atoms with E-state index in [0.717, 1.165) is 17.7 Å². The Bertz CT molecular complexity index is 608. The normalized spacial score (nSPS) is 21.2. The van der Waals surface area contributed by atoms with E-state index in [4.69, 9.17) is 11.6 Å². The minimum Gasteiger partial charge on any atom is -0.302 e. The largest absolute Gasteiger partial charge is 0.302 e. The Labute approximate surface area is 120 Å². The van der Waals surface area contributed by atoms with Crippen molar-refractivity contribution >= 4 is 34.0 Å². The van der Waals surface area contributed by atoms with Gasteiger partial charge in [0.15, 0.2) is 5.13 Å². The van der Waals surface area contributed by atoms with Gasteiger partial charge in [-0.2, -0.15) is 0 Å². The van der Waals surface area contributed by atoms with Crippen LogP contribution in [-0.2, 0) is 4.79 Å².